The normalized spacial score (nSPS) is 14.3. The van der Waals surface area contributed by atoms with Crippen molar-refractivity contribution in [2.45, 2.75) is 38.1 Å². The fraction of sp³-hybridized carbons (Fsp3) is 0.375. The number of nitrogens with one attached hydrogen (secondary N) is 1. The summed E-state index contributed by atoms with van der Waals surface area (Å²) < 4.78 is 6.42. The minimum atomic E-state index is -0.360. The van der Waals surface area contributed by atoms with Crippen LogP contribution in [0.2, 0.25) is 0 Å². The molecule has 172 valence electrons. The lowest BCUT2D eigenvalue weighted by Crippen LogP contribution is -2.38. The number of hydrogen-bond acceptors (Lipinski definition) is 7. The van der Waals surface area contributed by atoms with Gasteiger partial charge in [-0.05, 0) is 24.5 Å². The monoisotopic (exact) mass is 448 g/mol. The zero-order valence-corrected chi connectivity index (χ0v) is 18.7. The number of piperidine rings is 1. The average molecular weight is 449 g/mol. The highest BCUT2D eigenvalue weighted by Gasteiger charge is 2.26. The van der Waals surface area contributed by atoms with Crippen LogP contribution < -0.4 is 5.32 Å². The predicted molar refractivity (Wildman–Crippen MR) is 124 cm³/mol. The van der Waals surface area contributed by atoms with Gasteiger partial charge < -0.3 is 15.0 Å². The molecular formula is C24H28N6O3. The Morgan fingerprint density at radius 2 is 2.09 bits per heavy atom. The molecule has 1 saturated heterocycles. The number of carbonyl (C=O) groups excluding carboxylic acids is 2. The van der Waals surface area contributed by atoms with Crippen LogP contribution in [-0.4, -0.2) is 56.6 Å². The van der Waals surface area contributed by atoms with E-state index < -0.39 is 0 Å². The number of anilines is 1. The number of esters is 1. The van der Waals surface area contributed by atoms with Crippen LogP contribution in [0.5, 0.6) is 0 Å². The van der Waals surface area contributed by atoms with Crippen molar-refractivity contribution >= 4 is 29.4 Å². The smallest absolute Gasteiger partial charge is 0.306 e. The van der Waals surface area contributed by atoms with Gasteiger partial charge in [-0.25, -0.2) is 4.98 Å². The Hall–Kier alpha value is -3.75. The summed E-state index contributed by atoms with van der Waals surface area (Å²) in [6.45, 7) is 5.78. The summed E-state index contributed by atoms with van der Waals surface area (Å²) in [5, 5.41) is 7.94. The van der Waals surface area contributed by atoms with E-state index in [0.29, 0.717) is 19.6 Å². The fourth-order valence-corrected chi connectivity index (χ4v) is 4.07. The molecule has 0 unspecified atom stereocenters. The predicted octanol–water partition coefficient (Wildman–Crippen LogP) is 3.04. The van der Waals surface area contributed by atoms with Crippen LogP contribution in [0.1, 0.15) is 48.4 Å². The summed E-state index contributed by atoms with van der Waals surface area (Å²) in [5.74, 6) is 0.710. The van der Waals surface area contributed by atoms with Crippen molar-refractivity contribution in [2.75, 3.05) is 25.5 Å². The van der Waals surface area contributed by atoms with Gasteiger partial charge in [-0.3, -0.25) is 14.6 Å². The summed E-state index contributed by atoms with van der Waals surface area (Å²) in [5.41, 5.74) is 3.67. The molecule has 0 spiro atoms. The van der Waals surface area contributed by atoms with Gasteiger partial charge >= 0.3 is 5.97 Å². The van der Waals surface area contributed by atoms with E-state index in [4.69, 9.17) is 4.98 Å². The molecule has 0 bridgehead atoms. The number of rotatable bonds is 8. The summed E-state index contributed by atoms with van der Waals surface area (Å²) in [7, 11) is 1.33. The second-order valence-electron chi connectivity index (χ2n) is 8.05. The first kappa shape index (κ1) is 22.4. The van der Waals surface area contributed by atoms with Gasteiger partial charge in [0, 0.05) is 61.7 Å². The Balaban J connectivity index is 1.49. The van der Waals surface area contributed by atoms with Crippen LogP contribution in [0.15, 0.2) is 43.4 Å². The van der Waals surface area contributed by atoms with E-state index in [1.54, 1.807) is 23.0 Å². The van der Waals surface area contributed by atoms with Gasteiger partial charge in [0.05, 0.1) is 19.7 Å². The number of fused-ring (bicyclic) bond motifs is 1. The highest BCUT2D eigenvalue weighted by molar-refractivity contribution is 5.81. The first-order chi connectivity index (χ1) is 16.1. The van der Waals surface area contributed by atoms with E-state index in [9.17, 15) is 9.59 Å². The number of ether oxygens (including phenoxy) is 1. The second-order valence-corrected chi connectivity index (χ2v) is 8.05. The zero-order valence-electron chi connectivity index (χ0n) is 18.7. The number of carbonyl (C=O) groups is 2. The molecule has 1 aliphatic rings. The maximum Gasteiger partial charge on any atom is 0.306 e. The van der Waals surface area contributed by atoms with Crippen molar-refractivity contribution in [3.8, 4) is 0 Å². The van der Waals surface area contributed by atoms with Crippen LogP contribution in [0, 0.1) is 0 Å². The van der Waals surface area contributed by atoms with Crippen molar-refractivity contribution in [3.05, 3.63) is 60.2 Å². The lowest BCUT2D eigenvalue weighted by atomic mass is 9.93. The second kappa shape index (κ2) is 10.2. The van der Waals surface area contributed by atoms with E-state index in [-0.39, 0.29) is 30.6 Å². The van der Waals surface area contributed by atoms with E-state index >= 15 is 0 Å². The van der Waals surface area contributed by atoms with E-state index in [0.717, 1.165) is 41.1 Å². The van der Waals surface area contributed by atoms with Crippen molar-refractivity contribution in [3.63, 3.8) is 0 Å². The minimum absolute atomic E-state index is 0.00850. The van der Waals surface area contributed by atoms with Crippen LogP contribution in [-0.2, 0) is 20.9 Å². The van der Waals surface area contributed by atoms with Crippen molar-refractivity contribution in [1.29, 1.82) is 0 Å². The first-order valence-corrected chi connectivity index (χ1v) is 11.1. The SMILES string of the molecule is C=Cc1cnn2c(NCc3cccnc3)cc(C3CCN(C(=O)CCC(=O)OC)CC3)nc12. The van der Waals surface area contributed by atoms with Crippen LogP contribution in [0.4, 0.5) is 5.82 Å². The van der Waals surface area contributed by atoms with Crippen LogP contribution in [0.25, 0.3) is 11.7 Å². The molecule has 1 fully saturated rings. The van der Waals surface area contributed by atoms with E-state index in [1.807, 2.05) is 29.3 Å². The molecule has 3 aromatic rings. The van der Waals surface area contributed by atoms with Crippen LogP contribution >= 0.6 is 0 Å². The van der Waals surface area contributed by atoms with Crippen molar-refractivity contribution in [1.82, 2.24) is 24.5 Å². The first-order valence-electron chi connectivity index (χ1n) is 11.1. The molecule has 9 heteroatoms. The number of likely N-dealkylation sites (tertiary alicyclic amines) is 1. The molecule has 9 nitrogen and oxygen atoms in total. The number of methoxy groups -OCH3 is 1. The summed E-state index contributed by atoms with van der Waals surface area (Å²) in [4.78, 5) is 34.6. The van der Waals surface area contributed by atoms with Crippen molar-refractivity contribution < 1.29 is 14.3 Å². The van der Waals surface area contributed by atoms with Gasteiger partial charge in [-0.2, -0.15) is 9.61 Å². The van der Waals surface area contributed by atoms with Gasteiger partial charge in [0.1, 0.15) is 5.82 Å². The van der Waals surface area contributed by atoms with Gasteiger partial charge in [-0.15, -0.1) is 0 Å². The lowest BCUT2D eigenvalue weighted by Gasteiger charge is -2.32. The maximum atomic E-state index is 12.4. The Kier molecular flexibility index (Phi) is 6.97. The summed E-state index contributed by atoms with van der Waals surface area (Å²) in [6.07, 6.45) is 9.02. The summed E-state index contributed by atoms with van der Waals surface area (Å²) in [6, 6.07) is 5.97. The molecule has 4 heterocycles. The summed E-state index contributed by atoms with van der Waals surface area (Å²) >= 11 is 0. The molecule has 1 amide bonds. The Labute approximate surface area is 192 Å². The fourth-order valence-electron chi connectivity index (χ4n) is 4.07. The van der Waals surface area contributed by atoms with Gasteiger partial charge in [-0.1, -0.05) is 18.7 Å². The molecule has 0 aromatic carbocycles. The highest BCUT2D eigenvalue weighted by atomic mass is 16.5. The molecule has 1 N–H and O–H groups in total. The molecule has 0 aliphatic carbocycles. The van der Waals surface area contributed by atoms with E-state index in [1.165, 1.54) is 7.11 Å². The van der Waals surface area contributed by atoms with Gasteiger partial charge in [0.25, 0.3) is 0 Å². The molecular weight excluding hydrogens is 420 g/mol. The van der Waals surface area contributed by atoms with Gasteiger partial charge in [0.15, 0.2) is 5.65 Å². The highest BCUT2D eigenvalue weighted by Crippen LogP contribution is 2.30. The number of aromatic nitrogens is 4. The van der Waals surface area contributed by atoms with Crippen LogP contribution in [0.3, 0.4) is 0 Å². The number of hydrogen-bond donors (Lipinski definition) is 1. The van der Waals surface area contributed by atoms with E-state index in [2.05, 4.69) is 26.7 Å². The molecule has 1 aliphatic heterocycles. The standard InChI is InChI=1S/C24H28N6O3/c1-3-18-16-27-30-21(26-15-17-5-4-10-25-14-17)13-20(28-24(18)30)19-8-11-29(12-9-19)22(31)6-7-23(32)33-2/h3-5,10,13-14,16,19,26H,1,6-9,11-12,15H2,2H3. The maximum absolute atomic E-state index is 12.4. The third-order valence-electron chi connectivity index (χ3n) is 5.97. The largest absolute Gasteiger partial charge is 0.469 e. The molecule has 0 atom stereocenters. The molecule has 33 heavy (non-hydrogen) atoms. The Morgan fingerprint density at radius 3 is 2.79 bits per heavy atom. The third kappa shape index (κ3) is 5.19. The Morgan fingerprint density at radius 1 is 1.27 bits per heavy atom. The number of nitrogens with zero attached hydrogens (tertiary/aromatic N) is 5. The molecule has 0 saturated carbocycles. The number of amides is 1. The zero-order chi connectivity index (χ0) is 23.2. The third-order valence-corrected chi connectivity index (χ3v) is 5.97. The molecule has 3 aromatic heterocycles. The minimum Gasteiger partial charge on any atom is -0.469 e. The van der Waals surface area contributed by atoms with Crippen molar-refractivity contribution in [2.24, 2.45) is 0 Å². The topological polar surface area (TPSA) is 102 Å². The molecule has 4 rings (SSSR count). The quantitative estimate of drug-likeness (QED) is 0.529. The lowest BCUT2D eigenvalue weighted by molar-refractivity contribution is -0.143. The van der Waals surface area contributed by atoms with Gasteiger partial charge in [0.2, 0.25) is 5.91 Å². The molecule has 0 radical (unpaired) electrons. The Bertz CT molecular complexity index is 1140. The average Bonchev–Trinajstić information content (AvgIpc) is 3.29. The number of pyridine rings is 1.